The van der Waals surface area contributed by atoms with Crippen molar-refractivity contribution in [3.8, 4) is 23.1 Å². The van der Waals surface area contributed by atoms with Crippen LogP contribution in [0.5, 0.6) is 23.1 Å². The van der Waals surface area contributed by atoms with Gasteiger partial charge in [0.15, 0.2) is 11.5 Å². The summed E-state index contributed by atoms with van der Waals surface area (Å²) in [6.07, 6.45) is 1.35. The molecule has 31 heavy (non-hydrogen) atoms. The number of hydrogen-bond acceptors (Lipinski definition) is 6. The number of amides is 1. The van der Waals surface area contributed by atoms with E-state index < -0.39 is 11.7 Å². The summed E-state index contributed by atoms with van der Waals surface area (Å²) in [5.41, 5.74) is 0.933. The Morgan fingerprint density at radius 2 is 1.81 bits per heavy atom. The van der Waals surface area contributed by atoms with E-state index in [1.165, 1.54) is 26.4 Å². The first-order valence-electron chi connectivity index (χ1n) is 9.14. The standard InChI is InChI=1S/C22H19ClFN3O4/c1-13-15(23)8-6-10-16(13)31-22-19(24)18(11-12-26-22)30-17-9-5-4-7-14(17)20(27-29-3)21(28)25-2/h4-12H,1-3H3,(H,25,28)/b27-20+. The lowest BCUT2D eigenvalue weighted by molar-refractivity contribution is -0.114. The number of carbonyl (C=O) groups is 1. The first kappa shape index (κ1) is 22.0. The van der Waals surface area contributed by atoms with Gasteiger partial charge in [-0.05, 0) is 31.2 Å². The smallest absolute Gasteiger partial charge is 0.273 e. The lowest BCUT2D eigenvalue weighted by Gasteiger charge is -2.14. The predicted octanol–water partition coefficient (Wildman–Crippen LogP) is 4.86. The van der Waals surface area contributed by atoms with Crippen molar-refractivity contribution in [1.82, 2.24) is 10.3 Å². The topological polar surface area (TPSA) is 82.0 Å². The molecule has 0 saturated heterocycles. The molecule has 1 heterocycles. The van der Waals surface area contributed by atoms with Gasteiger partial charge < -0.3 is 19.6 Å². The van der Waals surface area contributed by atoms with Crippen LogP contribution in [0, 0.1) is 12.7 Å². The minimum Gasteiger partial charge on any atom is -0.453 e. The molecule has 3 aromatic rings. The van der Waals surface area contributed by atoms with Crippen LogP contribution in [0.25, 0.3) is 0 Å². The molecule has 0 aliphatic rings. The third-order valence-electron chi connectivity index (χ3n) is 4.23. The molecule has 0 atom stereocenters. The van der Waals surface area contributed by atoms with Gasteiger partial charge in [0.2, 0.25) is 5.82 Å². The van der Waals surface area contributed by atoms with Gasteiger partial charge in [0, 0.05) is 29.9 Å². The van der Waals surface area contributed by atoms with Crippen LogP contribution in [-0.4, -0.2) is 30.8 Å². The number of benzene rings is 2. The molecule has 3 rings (SSSR count). The second kappa shape index (κ2) is 9.90. The van der Waals surface area contributed by atoms with Crippen LogP contribution in [0.2, 0.25) is 5.02 Å². The van der Waals surface area contributed by atoms with Crippen molar-refractivity contribution < 1.29 is 23.5 Å². The molecule has 0 aliphatic carbocycles. The Balaban J connectivity index is 1.96. The Labute approximate surface area is 183 Å². The first-order chi connectivity index (χ1) is 15.0. The van der Waals surface area contributed by atoms with Gasteiger partial charge in [0.25, 0.3) is 11.8 Å². The third kappa shape index (κ3) is 4.92. The summed E-state index contributed by atoms with van der Waals surface area (Å²) >= 11 is 6.10. The van der Waals surface area contributed by atoms with E-state index in [-0.39, 0.29) is 23.1 Å². The molecule has 1 aromatic heterocycles. The van der Waals surface area contributed by atoms with E-state index in [0.717, 1.165) is 0 Å². The third-order valence-corrected chi connectivity index (χ3v) is 4.64. The highest BCUT2D eigenvalue weighted by Gasteiger charge is 2.21. The summed E-state index contributed by atoms with van der Waals surface area (Å²) in [6.45, 7) is 1.75. The number of hydrogen-bond donors (Lipinski definition) is 1. The highest BCUT2D eigenvalue weighted by molar-refractivity contribution is 6.45. The van der Waals surface area contributed by atoms with Gasteiger partial charge in [-0.15, -0.1) is 0 Å². The SMILES string of the molecule is CNC(=O)/C(=N/OC)c1ccccc1Oc1ccnc(Oc2cccc(Cl)c2C)c1F. The normalized spacial score (nSPS) is 11.1. The van der Waals surface area contributed by atoms with Crippen molar-refractivity contribution >= 4 is 23.2 Å². The molecular weight excluding hydrogens is 425 g/mol. The average Bonchev–Trinajstić information content (AvgIpc) is 2.78. The van der Waals surface area contributed by atoms with E-state index >= 15 is 4.39 Å². The molecule has 7 nitrogen and oxygen atoms in total. The lowest BCUT2D eigenvalue weighted by atomic mass is 10.1. The highest BCUT2D eigenvalue weighted by atomic mass is 35.5. The molecule has 0 radical (unpaired) electrons. The minimum absolute atomic E-state index is 0.0268. The number of nitrogens with one attached hydrogen (secondary N) is 1. The second-order valence-corrected chi connectivity index (χ2v) is 6.60. The fourth-order valence-corrected chi connectivity index (χ4v) is 2.82. The maximum absolute atomic E-state index is 15.1. The van der Waals surface area contributed by atoms with Crippen molar-refractivity contribution in [1.29, 1.82) is 0 Å². The number of para-hydroxylation sites is 1. The Hall–Kier alpha value is -3.65. The van der Waals surface area contributed by atoms with E-state index in [0.29, 0.717) is 21.9 Å². The molecule has 1 amide bonds. The quantitative estimate of drug-likeness (QED) is 0.416. The number of oxime groups is 1. The monoisotopic (exact) mass is 443 g/mol. The summed E-state index contributed by atoms with van der Waals surface area (Å²) in [5.74, 6) is -1.18. The number of likely N-dealkylation sites (N-methyl/N-ethyl adjacent to an activating group) is 1. The Bertz CT molecular complexity index is 1140. The molecular formula is C22H19ClFN3O4. The molecule has 0 aliphatic heterocycles. The van der Waals surface area contributed by atoms with Crippen molar-refractivity contribution in [2.75, 3.05) is 14.2 Å². The number of rotatable bonds is 7. The van der Waals surface area contributed by atoms with Crippen molar-refractivity contribution in [3.63, 3.8) is 0 Å². The zero-order valence-corrected chi connectivity index (χ0v) is 17.7. The van der Waals surface area contributed by atoms with Crippen LogP contribution >= 0.6 is 11.6 Å². The van der Waals surface area contributed by atoms with Crippen molar-refractivity contribution in [3.05, 3.63) is 76.7 Å². The molecule has 0 fully saturated rings. The van der Waals surface area contributed by atoms with Crippen LogP contribution in [0.3, 0.4) is 0 Å². The number of halogens is 2. The summed E-state index contributed by atoms with van der Waals surface area (Å²) in [6, 6.07) is 12.9. The predicted molar refractivity (Wildman–Crippen MR) is 115 cm³/mol. The molecule has 0 unspecified atom stereocenters. The van der Waals surface area contributed by atoms with Gasteiger partial charge in [0.05, 0.1) is 5.56 Å². The fraction of sp³-hybridized carbons (Fsp3) is 0.136. The van der Waals surface area contributed by atoms with Gasteiger partial charge in [-0.2, -0.15) is 4.39 Å². The molecule has 0 saturated carbocycles. The largest absolute Gasteiger partial charge is 0.453 e. The van der Waals surface area contributed by atoms with Crippen LogP contribution in [0.1, 0.15) is 11.1 Å². The fourth-order valence-electron chi connectivity index (χ4n) is 2.65. The van der Waals surface area contributed by atoms with E-state index in [1.807, 2.05) is 0 Å². The lowest BCUT2D eigenvalue weighted by Crippen LogP contribution is -2.28. The molecule has 9 heteroatoms. The van der Waals surface area contributed by atoms with Gasteiger partial charge in [-0.1, -0.05) is 35.0 Å². The van der Waals surface area contributed by atoms with Gasteiger partial charge in [-0.3, -0.25) is 4.79 Å². The number of pyridine rings is 1. The zero-order valence-electron chi connectivity index (χ0n) is 17.0. The zero-order chi connectivity index (χ0) is 22.4. The maximum Gasteiger partial charge on any atom is 0.273 e. The van der Waals surface area contributed by atoms with Gasteiger partial charge in [0.1, 0.15) is 18.6 Å². The molecule has 0 bridgehead atoms. The molecule has 0 spiro atoms. The number of aromatic nitrogens is 1. The summed E-state index contributed by atoms with van der Waals surface area (Å²) in [4.78, 5) is 20.9. The van der Waals surface area contributed by atoms with E-state index in [2.05, 4.69) is 15.5 Å². The maximum atomic E-state index is 15.1. The minimum atomic E-state index is -0.818. The van der Waals surface area contributed by atoms with Crippen LogP contribution < -0.4 is 14.8 Å². The average molecular weight is 444 g/mol. The van der Waals surface area contributed by atoms with Crippen molar-refractivity contribution in [2.24, 2.45) is 5.16 Å². The number of carbonyl (C=O) groups excluding carboxylic acids is 1. The van der Waals surface area contributed by atoms with Crippen molar-refractivity contribution in [2.45, 2.75) is 6.92 Å². The number of nitrogens with zero attached hydrogens (tertiary/aromatic N) is 2. The molecule has 1 N–H and O–H groups in total. The Kier molecular flexibility index (Phi) is 7.04. The summed E-state index contributed by atoms with van der Waals surface area (Å²) in [7, 11) is 2.78. The summed E-state index contributed by atoms with van der Waals surface area (Å²) < 4.78 is 26.5. The van der Waals surface area contributed by atoms with Gasteiger partial charge in [-0.25, -0.2) is 4.98 Å². The van der Waals surface area contributed by atoms with Crippen LogP contribution in [0.4, 0.5) is 4.39 Å². The van der Waals surface area contributed by atoms with E-state index in [4.69, 9.17) is 25.9 Å². The Morgan fingerprint density at radius 3 is 2.55 bits per heavy atom. The number of ether oxygens (including phenoxy) is 2. The van der Waals surface area contributed by atoms with Gasteiger partial charge >= 0.3 is 0 Å². The molecule has 160 valence electrons. The highest BCUT2D eigenvalue weighted by Crippen LogP contribution is 2.34. The van der Waals surface area contributed by atoms with E-state index in [9.17, 15) is 4.79 Å². The van der Waals surface area contributed by atoms with Crippen LogP contribution in [0.15, 0.2) is 59.9 Å². The summed E-state index contributed by atoms with van der Waals surface area (Å²) in [5, 5.41) is 6.72. The Morgan fingerprint density at radius 1 is 1.06 bits per heavy atom. The first-order valence-corrected chi connectivity index (χ1v) is 9.52. The second-order valence-electron chi connectivity index (χ2n) is 6.19. The molecule has 2 aromatic carbocycles. The van der Waals surface area contributed by atoms with E-state index in [1.54, 1.807) is 49.4 Å². The van der Waals surface area contributed by atoms with Crippen LogP contribution in [-0.2, 0) is 9.63 Å².